The number of hydrogen-bond acceptors (Lipinski definition) is 9. The molecule has 1 heterocycles. The zero-order valence-corrected chi connectivity index (χ0v) is 27.8. The van der Waals surface area contributed by atoms with Crippen molar-refractivity contribution in [3.8, 4) is 0 Å². The van der Waals surface area contributed by atoms with Gasteiger partial charge in [-0.25, -0.2) is 0 Å². The van der Waals surface area contributed by atoms with Crippen molar-refractivity contribution in [1.29, 1.82) is 0 Å². The van der Waals surface area contributed by atoms with Crippen LogP contribution in [0.5, 0.6) is 0 Å². The molecule has 2 unspecified atom stereocenters. The van der Waals surface area contributed by atoms with Crippen LogP contribution in [0.2, 0.25) is 0 Å². The smallest absolute Gasteiger partial charge is 0.220 e. The average molecular weight is 634 g/mol. The zero-order valence-electron chi connectivity index (χ0n) is 27.8. The summed E-state index contributed by atoms with van der Waals surface area (Å²) in [6.45, 7) is 3.52. The lowest BCUT2D eigenvalue weighted by atomic mass is 9.98. The molecule has 44 heavy (non-hydrogen) atoms. The minimum absolute atomic E-state index is 0.265. The van der Waals surface area contributed by atoms with Gasteiger partial charge in [0, 0.05) is 6.42 Å². The van der Waals surface area contributed by atoms with E-state index in [1.807, 2.05) is 0 Å². The van der Waals surface area contributed by atoms with Crippen LogP contribution >= 0.6 is 0 Å². The van der Waals surface area contributed by atoms with Crippen molar-refractivity contribution < 1.29 is 44.9 Å². The molecular formula is C34H67NO9. The number of nitrogens with one attached hydrogen (secondary N) is 1. The Bertz CT molecular complexity index is 683. The monoisotopic (exact) mass is 633 g/mol. The summed E-state index contributed by atoms with van der Waals surface area (Å²) in [4.78, 5) is 12.8. The summed E-state index contributed by atoms with van der Waals surface area (Å²) in [6, 6.07) is -0.980. The molecule has 1 aliphatic heterocycles. The third-order valence-electron chi connectivity index (χ3n) is 8.80. The number of carbonyl (C=O) groups is 1. The molecular weight excluding hydrogens is 566 g/mol. The molecule has 0 aromatic heterocycles. The second kappa shape index (κ2) is 26.2. The second-order valence-corrected chi connectivity index (χ2v) is 12.8. The van der Waals surface area contributed by atoms with Gasteiger partial charge in [0.15, 0.2) is 6.29 Å². The first-order valence-corrected chi connectivity index (χ1v) is 17.8. The highest BCUT2D eigenvalue weighted by Crippen LogP contribution is 2.23. The Balaban J connectivity index is 2.55. The van der Waals surface area contributed by atoms with Crippen LogP contribution in [0.3, 0.4) is 0 Å². The highest BCUT2D eigenvalue weighted by molar-refractivity contribution is 5.76. The number of carbonyl (C=O) groups excluding carboxylic acids is 1. The van der Waals surface area contributed by atoms with Crippen molar-refractivity contribution in [2.75, 3.05) is 13.2 Å². The summed E-state index contributed by atoms with van der Waals surface area (Å²) in [5, 5.41) is 64.5. The predicted octanol–water partition coefficient (Wildman–Crippen LogP) is 4.24. The van der Waals surface area contributed by atoms with Crippen molar-refractivity contribution in [1.82, 2.24) is 5.32 Å². The van der Waals surface area contributed by atoms with Gasteiger partial charge in [-0.3, -0.25) is 4.79 Å². The van der Waals surface area contributed by atoms with Crippen molar-refractivity contribution in [3.05, 3.63) is 0 Å². The Morgan fingerprint density at radius 1 is 0.705 bits per heavy atom. The Kier molecular flexibility index (Phi) is 24.6. The Morgan fingerprint density at radius 2 is 1.18 bits per heavy atom. The molecule has 1 fully saturated rings. The fraction of sp³-hybridized carbons (Fsp3) is 0.971. The number of amides is 1. The number of aliphatic hydroxyl groups is 6. The molecule has 0 bridgehead atoms. The van der Waals surface area contributed by atoms with E-state index in [4.69, 9.17) is 9.47 Å². The van der Waals surface area contributed by atoms with E-state index in [0.29, 0.717) is 6.42 Å². The first kappa shape index (κ1) is 41.2. The molecule has 1 aliphatic rings. The Labute approximate surface area is 266 Å². The lowest BCUT2D eigenvalue weighted by molar-refractivity contribution is -0.303. The predicted molar refractivity (Wildman–Crippen MR) is 172 cm³/mol. The summed E-state index contributed by atoms with van der Waals surface area (Å²) >= 11 is 0. The standard InChI is InChI=1S/C34H67NO9/c1-3-5-7-9-11-13-14-15-16-18-20-22-27(37)30(39)26(35-29(38)23-21-19-17-12-10-8-6-4-2)25-43-34-33(42)32(41)31(40)28(24-36)44-34/h26-28,30-34,36-37,39-42H,3-25H2,1-2H3,(H,35,38)/t26-,27+,28+,30-,31-,32?,33?,34+/m0/s1. The maximum atomic E-state index is 12.8. The summed E-state index contributed by atoms with van der Waals surface area (Å²) in [7, 11) is 0. The van der Waals surface area contributed by atoms with Crippen LogP contribution in [0, 0.1) is 0 Å². The number of rotatable bonds is 28. The number of hydrogen-bond donors (Lipinski definition) is 7. The first-order valence-electron chi connectivity index (χ1n) is 17.8. The molecule has 262 valence electrons. The van der Waals surface area contributed by atoms with E-state index in [1.54, 1.807) is 0 Å². The first-order chi connectivity index (χ1) is 21.3. The molecule has 1 amide bonds. The van der Waals surface area contributed by atoms with Gasteiger partial charge in [0.05, 0.1) is 25.4 Å². The molecule has 0 aromatic carbocycles. The van der Waals surface area contributed by atoms with Gasteiger partial charge in [-0.15, -0.1) is 0 Å². The molecule has 1 saturated heterocycles. The zero-order chi connectivity index (χ0) is 32.6. The molecule has 1 rings (SSSR count). The van der Waals surface area contributed by atoms with Crippen molar-refractivity contribution in [2.45, 2.75) is 198 Å². The normalized spacial score (nSPS) is 24.2. The molecule has 0 aromatic rings. The van der Waals surface area contributed by atoms with E-state index in [0.717, 1.165) is 51.4 Å². The minimum atomic E-state index is -1.60. The van der Waals surface area contributed by atoms with Crippen LogP contribution in [0.15, 0.2) is 0 Å². The second-order valence-electron chi connectivity index (χ2n) is 12.8. The summed E-state index contributed by atoms with van der Waals surface area (Å²) in [5.41, 5.74) is 0. The van der Waals surface area contributed by atoms with Crippen molar-refractivity contribution >= 4 is 5.91 Å². The van der Waals surface area contributed by atoms with Gasteiger partial charge in [-0.05, 0) is 12.8 Å². The molecule has 8 atom stereocenters. The molecule has 0 radical (unpaired) electrons. The van der Waals surface area contributed by atoms with Crippen molar-refractivity contribution in [3.63, 3.8) is 0 Å². The van der Waals surface area contributed by atoms with Gasteiger partial charge in [0.2, 0.25) is 5.91 Å². The fourth-order valence-corrected chi connectivity index (χ4v) is 5.78. The van der Waals surface area contributed by atoms with E-state index < -0.39 is 55.6 Å². The maximum Gasteiger partial charge on any atom is 0.220 e. The minimum Gasteiger partial charge on any atom is -0.394 e. The largest absolute Gasteiger partial charge is 0.394 e. The molecule has 0 aliphatic carbocycles. The van der Waals surface area contributed by atoms with Gasteiger partial charge in [0.1, 0.15) is 30.5 Å². The topological polar surface area (TPSA) is 169 Å². The van der Waals surface area contributed by atoms with E-state index in [2.05, 4.69) is 19.2 Å². The molecule has 0 spiro atoms. The number of aliphatic hydroxyl groups excluding tert-OH is 6. The van der Waals surface area contributed by atoms with Crippen LogP contribution in [0.25, 0.3) is 0 Å². The van der Waals surface area contributed by atoms with Crippen LogP contribution < -0.4 is 5.32 Å². The number of unbranched alkanes of at least 4 members (excludes halogenated alkanes) is 17. The van der Waals surface area contributed by atoms with Crippen LogP contribution in [0.4, 0.5) is 0 Å². The highest BCUT2D eigenvalue weighted by atomic mass is 16.7. The number of ether oxygens (including phenoxy) is 2. The van der Waals surface area contributed by atoms with Gasteiger partial charge in [-0.1, -0.05) is 129 Å². The molecule has 0 saturated carbocycles. The average Bonchev–Trinajstić information content (AvgIpc) is 3.02. The lowest BCUT2D eigenvalue weighted by Gasteiger charge is -2.40. The van der Waals surface area contributed by atoms with E-state index in [9.17, 15) is 35.4 Å². The van der Waals surface area contributed by atoms with Crippen LogP contribution in [-0.4, -0.2) is 98.7 Å². The quantitative estimate of drug-likeness (QED) is 0.0623. The van der Waals surface area contributed by atoms with Crippen molar-refractivity contribution in [2.24, 2.45) is 0 Å². The van der Waals surface area contributed by atoms with E-state index in [-0.39, 0.29) is 18.9 Å². The van der Waals surface area contributed by atoms with Gasteiger partial charge in [-0.2, -0.15) is 0 Å². The lowest BCUT2D eigenvalue weighted by Crippen LogP contribution is -2.60. The summed E-state index contributed by atoms with van der Waals surface area (Å²) in [6.07, 6.45) is 12.8. The molecule has 10 nitrogen and oxygen atoms in total. The van der Waals surface area contributed by atoms with Gasteiger partial charge >= 0.3 is 0 Å². The fourth-order valence-electron chi connectivity index (χ4n) is 5.78. The molecule has 10 heteroatoms. The SMILES string of the molecule is CCCCCCCCCCCCC[C@@H](O)[C@@H](O)[C@H](CO[C@@H]1O[C@H](CO)[C@H](O)C(O)C1O)NC(=O)CCCCCCCCCC. The Morgan fingerprint density at radius 3 is 1.68 bits per heavy atom. The van der Waals surface area contributed by atoms with Crippen LogP contribution in [-0.2, 0) is 14.3 Å². The van der Waals surface area contributed by atoms with Gasteiger partial charge < -0.3 is 45.4 Å². The molecule has 7 N–H and O–H groups in total. The van der Waals surface area contributed by atoms with E-state index >= 15 is 0 Å². The third-order valence-corrected chi connectivity index (χ3v) is 8.80. The maximum absolute atomic E-state index is 12.8. The van der Waals surface area contributed by atoms with Gasteiger partial charge in [0.25, 0.3) is 0 Å². The summed E-state index contributed by atoms with van der Waals surface area (Å²) in [5.74, 6) is -0.265. The highest BCUT2D eigenvalue weighted by Gasteiger charge is 2.44. The summed E-state index contributed by atoms with van der Waals surface area (Å²) < 4.78 is 11.0. The van der Waals surface area contributed by atoms with E-state index in [1.165, 1.54) is 70.6 Å². The van der Waals surface area contributed by atoms with Crippen LogP contribution in [0.1, 0.15) is 149 Å². The third kappa shape index (κ3) is 17.7. The Hall–Kier alpha value is -0.850.